The van der Waals surface area contributed by atoms with Crippen molar-refractivity contribution in [3.63, 3.8) is 0 Å². The fourth-order valence-electron chi connectivity index (χ4n) is 9.41. The average Bonchev–Trinajstić information content (AvgIpc) is 3.84. The number of ether oxygens (including phenoxy) is 4. The van der Waals surface area contributed by atoms with E-state index < -0.39 is 11.2 Å². The summed E-state index contributed by atoms with van der Waals surface area (Å²) in [6.45, 7) is 12.5. The van der Waals surface area contributed by atoms with Crippen LogP contribution < -0.4 is 9.47 Å². The van der Waals surface area contributed by atoms with Crippen LogP contribution >= 0.6 is 23.2 Å². The van der Waals surface area contributed by atoms with Crippen LogP contribution in [-0.4, -0.2) is 95.3 Å². The number of aromatic nitrogens is 10. The Hall–Kier alpha value is -6.40. The Morgan fingerprint density at radius 1 is 0.529 bits per heavy atom. The zero-order valence-corrected chi connectivity index (χ0v) is 41.8. The Balaban J connectivity index is 0.000000174. The number of fused-ring (bicyclic) bond motifs is 6. The molecule has 0 spiro atoms. The smallest absolute Gasteiger partial charge is 0.411 e. The minimum atomic E-state index is -0.592. The molecule has 2 aromatic carbocycles. The zero-order valence-electron chi connectivity index (χ0n) is 40.3. The van der Waals surface area contributed by atoms with Crippen molar-refractivity contribution in [3.8, 4) is 23.1 Å². The molecule has 4 aromatic heterocycles. The summed E-state index contributed by atoms with van der Waals surface area (Å²) < 4.78 is 27.5. The Bertz CT molecular complexity index is 2590. The molecule has 2 fully saturated rings. The van der Waals surface area contributed by atoms with Crippen molar-refractivity contribution < 1.29 is 28.5 Å². The van der Waals surface area contributed by atoms with Crippen LogP contribution in [0.1, 0.15) is 139 Å². The van der Waals surface area contributed by atoms with E-state index in [1.807, 2.05) is 102 Å². The Morgan fingerprint density at radius 3 is 1.29 bits per heavy atom. The first kappa shape index (κ1) is 48.6. The van der Waals surface area contributed by atoms with Crippen molar-refractivity contribution >= 4 is 35.4 Å². The van der Waals surface area contributed by atoms with Gasteiger partial charge in [-0.05, 0) is 153 Å². The maximum absolute atomic E-state index is 13.0. The molecule has 6 heterocycles. The summed E-state index contributed by atoms with van der Waals surface area (Å²) in [6.07, 6.45) is 9.93. The van der Waals surface area contributed by atoms with Crippen molar-refractivity contribution in [2.45, 2.75) is 154 Å². The minimum absolute atomic E-state index is 0.100. The molecule has 10 rings (SSSR count). The van der Waals surface area contributed by atoms with Gasteiger partial charge in [-0.3, -0.25) is 18.9 Å². The van der Waals surface area contributed by atoms with Crippen molar-refractivity contribution in [2.75, 3.05) is 0 Å². The van der Waals surface area contributed by atoms with Gasteiger partial charge in [0.15, 0.2) is 11.6 Å². The Kier molecular flexibility index (Phi) is 14.2. The lowest BCUT2D eigenvalue weighted by atomic mass is 9.86. The summed E-state index contributed by atoms with van der Waals surface area (Å²) in [4.78, 5) is 29.2. The van der Waals surface area contributed by atoms with Crippen molar-refractivity contribution in [2.24, 2.45) is 0 Å². The fraction of sp³-hybridized carbons (Fsp3) is 0.480. The second-order valence-corrected chi connectivity index (χ2v) is 21.0. The quantitative estimate of drug-likeness (QED) is 0.153. The molecule has 2 aliphatic carbocycles. The van der Waals surface area contributed by atoms with E-state index >= 15 is 0 Å². The highest BCUT2D eigenvalue weighted by Crippen LogP contribution is 2.39. The molecule has 4 aliphatic rings. The third kappa shape index (κ3) is 11.6. The molecule has 0 atom stereocenters. The molecule has 2 aliphatic heterocycles. The van der Waals surface area contributed by atoms with Gasteiger partial charge in [0.1, 0.15) is 35.1 Å². The summed E-state index contributed by atoms with van der Waals surface area (Å²) in [6, 6.07) is 18.8. The van der Waals surface area contributed by atoms with E-state index in [1.54, 1.807) is 22.2 Å². The van der Waals surface area contributed by atoms with Gasteiger partial charge in [-0.25, -0.2) is 9.59 Å². The van der Waals surface area contributed by atoms with E-state index in [4.69, 9.17) is 42.1 Å². The van der Waals surface area contributed by atoms with Gasteiger partial charge < -0.3 is 18.9 Å². The van der Waals surface area contributed by atoms with Crippen LogP contribution in [0.4, 0.5) is 9.59 Å². The second-order valence-electron chi connectivity index (χ2n) is 20.1. The molecule has 70 heavy (non-hydrogen) atoms. The van der Waals surface area contributed by atoms with Gasteiger partial charge in [0, 0.05) is 46.4 Å². The number of amides is 2. The zero-order chi connectivity index (χ0) is 49.2. The summed E-state index contributed by atoms with van der Waals surface area (Å²) in [5.74, 6) is 4.82. The first-order chi connectivity index (χ1) is 33.5. The molecule has 0 radical (unpaired) electrons. The monoisotopic (exact) mass is 992 g/mol. The van der Waals surface area contributed by atoms with Gasteiger partial charge in [-0.1, -0.05) is 23.2 Å². The second kappa shape index (κ2) is 20.5. The molecule has 18 nitrogen and oxygen atoms in total. The average molecular weight is 994 g/mol. The molecule has 0 unspecified atom stereocenters. The maximum Gasteiger partial charge on any atom is 0.411 e. The van der Waals surface area contributed by atoms with E-state index in [1.165, 1.54) is 0 Å². The minimum Gasteiger partial charge on any atom is -0.473 e. The number of carbonyl (C=O) groups is 2. The summed E-state index contributed by atoms with van der Waals surface area (Å²) in [5, 5.41) is 35.3. The largest absolute Gasteiger partial charge is 0.473 e. The molecular weight excluding hydrogens is 936 g/mol. The summed E-state index contributed by atoms with van der Waals surface area (Å²) in [7, 11) is 0. The van der Waals surface area contributed by atoms with E-state index in [0.29, 0.717) is 59.6 Å². The number of halogens is 2. The van der Waals surface area contributed by atoms with Crippen molar-refractivity contribution in [1.82, 2.24) is 59.7 Å². The summed E-state index contributed by atoms with van der Waals surface area (Å²) >= 11 is 12.7. The lowest BCUT2D eigenvalue weighted by molar-refractivity contribution is 0.0205. The standard InChI is InChI=1S/2C25H29ClN6O3/c2*1-25(2,3)35-24(33)31-14-17-13-18(26)8-11-20(17)32-21(15-31)28-30-23(32)16-6-9-19(10-7-16)34-22-5-4-12-27-29-22/h2*4-5,8,11-13,16,19H,6-7,9-10,14-15H2,1-3H3. The predicted octanol–water partition coefficient (Wildman–Crippen LogP) is 10.1. The van der Waals surface area contributed by atoms with Gasteiger partial charge in [0.2, 0.25) is 11.8 Å². The molecule has 2 amide bonds. The van der Waals surface area contributed by atoms with Gasteiger partial charge in [0.05, 0.1) is 37.6 Å². The van der Waals surface area contributed by atoms with E-state index in [2.05, 4.69) is 49.9 Å². The molecule has 368 valence electrons. The Morgan fingerprint density at radius 2 is 0.929 bits per heavy atom. The molecule has 0 bridgehead atoms. The lowest BCUT2D eigenvalue weighted by Gasteiger charge is -2.28. The van der Waals surface area contributed by atoms with Crippen LogP contribution in [0.25, 0.3) is 11.4 Å². The first-order valence-corrected chi connectivity index (χ1v) is 24.6. The molecule has 0 N–H and O–H groups in total. The topological polar surface area (TPSA) is 191 Å². The molecule has 0 saturated heterocycles. The highest BCUT2D eigenvalue weighted by Gasteiger charge is 2.36. The predicted molar refractivity (Wildman–Crippen MR) is 259 cm³/mol. The van der Waals surface area contributed by atoms with E-state index in [-0.39, 0.29) is 36.2 Å². The number of rotatable bonds is 6. The van der Waals surface area contributed by atoms with Crippen LogP contribution in [0, 0.1) is 0 Å². The lowest BCUT2D eigenvalue weighted by Crippen LogP contribution is -2.35. The number of nitrogens with zero attached hydrogens (tertiary/aromatic N) is 12. The van der Waals surface area contributed by atoms with Crippen LogP contribution in [-0.2, 0) is 35.7 Å². The van der Waals surface area contributed by atoms with Gasteiger partial charge >= 0.3 is 12.2 Å². The molecular formula is C50H58Cl2N12O6. The van der Waals surface area contributed by atoms with Gasteiger partial charge in [-0.2, -0.15) is 10.2 Å². The van der Waals surface area contributed by atoms with Gasteiger partial charge in [-0.15, -0.1) is 30.6 Å². The van der Waals surface area contributed by atoms with Crippen LogP contribution in [0.15, 0.2) is 73.1 Å². The van der Waals surface area contributed by atoms with E-state index in [0.717, 1.165) is 85.5 Å². The number of carbonyl (C=O) groups excluding carboxylic acids is 2. The molecule has 6 aromatic rings. The number of hydrogen-bond acceptors (Lipinski definition) is 14. The van der Waals surface area contributed by atoms with Gasteiger partial charge in [0.25, 0.3) is 0 Å². The maximum atomic E-state index is 13.0. The Labute approximate surface area is 417 Å². The molecule has 2 saturated carbocycles. The number of hydrogen-bond donors (Lipinski definition) is 0. The number of benzene rings is 2. The van der Waals surface area contributed by atoms with Crippen LogP contribution in [0.5, 0.6) is 11.8 Å². The third-order valence-electron chi connectivity index (χ3n) is 12.5. The molecule has 20 heteroatoms. The third-order valence-corrected chi connectivity index (χ3v) is 13.0. The van der Waals surface area contributed by atoms with Crippen molar-refractivity contribution in [3.05, 3.63) is 118 Å². The SMILES string of the molecule is CC(C)(C)OC(=O)N1Cc2cc(Cl)ccc2-n2c(nnc2C2CCC(Oc3cccnn3)CC2)C1.CC(C)(C)OC(=O)N1Cc2cc(Cl)ccc2-n2c(nnc2C2CCC(Oc3cccnn3)CC2)C1. The van der Waals surface area contributed by atoms with Crippen molar-refractivity contribution in [1.29, 1.82) is 0 Å². The normalized spacial score (nSPS) is 19.9. The van der Waals surface area contributed by atoms with Crippen LogP contribution in [0.2, 0.25) is 10.0 Å². The van der Waals surface area contributed by atoms with Crippen LogP contribution in [0.3, 0.4) is 0 Å². The summed E-state index contributed by atoms with van der Waals surface area (Å²) in [5.41, 5.74) is 2.59. The van der Waals surface area contributed by atoms with E-state index in [9.17, 15) is 9.59 Å². The fourth-order valence-corrected chi connectivity index (χ4v) is 9.80. The highest BCUT2D eigenvalue weighted by atomic mass is 35.5. The highest BCUT2D eigenvalue weighted by molar-refractivity contribution is 6.31. The first-order valence-electron chi connectivity index (χ1n) is 23.8.